The van der Waals surface area contributed by atoms with Crippen molar-refractivity contribution in [3.8, 4) is 0 Å². The van der Waals surface area contributed by atoms with Crippen LogP contribution in [0.2, 0.25) is 0 Å². The molecule has 0 bridgehead atoms. The highest BCUT2D eigenvalue weighted by Gasteiger charge is 2.53. The molecular formula is C9H16O3. The first-order chi connectivity index (χ1) is 5.72. The summed E-state index contributed by atoms with van der Waals surface area (Å²) in [7, 11) is 0. The zero-order valence-electron chi connectivity index (χ0n) is 7.87. The number of carbonyl (C=O) groups excluding carboxylic acids is 1. The number of hydrogen-bond donors (Lipinski definition) is 0. The lowest BCUT2D eigenvalue weighted by Crippen LogP contribution is -2.10. The Balaban J connectivity index is 2.31. The highest BCUT2D eigenvalue weighted by molar-refractivity contribution is 5.77. The van der Waals surface area contributed by atoms with E-state index >= 15 is 0 Å². The van der Waals surface area contributed by atoms with Crippen molar-refractivity contribution in [1.82, 2.24) is 0 Å². The third-order valence-electron chi connectivity index (χ3n) is 2.22. The molecule has 1 aliphatic carbocycles. The van der Waals surface area contributed by atoms with Crippen LogP contribution in [-0.4, -0.2) is 25.3 Å². The summed E-state index contributed by atoms with van der Waals surface area (Å²) in [6, 6.07) is 0. The van der Waals surface area contributed by atoms with E-state index in [2.05, 4.69) is 0 Å². The molecule has 1 fully saturated rings. The standard InChI is InChI=1S/C9H16O3/c1-4-11-8-6(3)7(8)9(10)12-5-2/h6-8H,4-5H2,1-3H3/t6-,7+,8-/m0/s1. The molecule has 3 atom stereocenters. The zero-order valence-corrected chi connectivity index (χ0v) is 7.87. The fourth-order valence-electron chi connectivity index (χ4n) is 1.46. The van der Waals surface area contributed by atoms with Crippen LogP contribution in [0.15, 0.2) is 0 Å². The fourth-order valence-corrected chi connectivity index (χ4v) is 1.46. The van der Waals surface area contributed by atoms with Gasteiger partial charge in [-0.1, -0.05) is 6.92 Å². The van der Waals surface area contributed by atoms with E-state index in [1.807, 2.05) is 20.8 Å². The van der Waals surface area contributed by atoms with Crippen molar-refractivity contribution in [3.05, 3.63) is 0 Å². The minimum absolute atomic E-state index is 0.00935. The first-order valence-electron chi connectivity index (χ1n) is 4.50. The van der Waals surface area contributed by atoms with Gasteiger partial charge in [0.25, 0.3) is 0 Å². The normalized spacial score (nSPS) is 33.1. The largest absolute Gasteiger partial charge is 0.466 e. The Kier molecular flexibility index (Phi) is 3.09. The van der Waals surface area contributed by atoms with Crippen LogP contribution in [0.1, 0.15) is 20.8 Å². The molecule has 3 heteroatoms. The summed E-state index contributed by atoms with van der Waals surface area (Å²) in [6.07, 6.45) is 0.106. The molecule has 0 unspecified atom stereocenters. The van der Waals surface area contributed by atoms with Crippen molar-refractivity contribution >= 4 is 5.97 Å². The van der Waals surface area contributed by atoms with Gasteiger partial charge in [0.15, 0.2) is 0 Å². The zero-order chi connectivity index (χ0) is 9.14. The lowest BCUT2D eigenvalue weighted by Gasteiger charge is -1.99. The summed E-state index contributed by atoms with van der Waals surface area (Å²) in [4.78, 5) is 11.2. The van der Waals surface area contributed by atoms with E-state index in [1.54, 1.807) is 0 Å². The number of rotatable bonds is 4. The van der Waals surface area contributed by atoms with E-state index in [1.165, 1.54) is 0 Å². The second-order valence-electron chi connectivity index (χ2n) is 3.06. The fraction of sp³-hybridized carbons (Fsp3) is 0.889. The smallest absolute Gasteiger partial charge is 0.311 e. The molecule has 0 aromatic carbocycles. The summed E-state index contributed by atoms with van der Waals surface area (Å²) in [5.74, 6) is 0.220. The first kappa shape index (κ1) is 9.52. The van der Waals surface area contributed by atoms with E-state index in [-0.39, 0.29) is 18.0 Å². The van der Waals surface area contributed by atoms with Gasteiger partial charge in [-0.05, 0) is 19.8 Å². The third kappa shape index (κ3) is 1.78. The maximum Gasteiger partial charge on any atom is 0.311 e. The van der Waals surface area contributed by atoms with Crippen LogP contribution in [0.3, 0.4) is 0 Å². The van der Waals surface area contributed by atoms with E-state index in [0.29, 0.717) is 19.1 Å². The van der Waals surface area contributed by atoms with Crippen LogP contribution in [0.4, 0.5) is 0 Å². The Labute approximate surface area is 73.0 Å². The second kappa shape index (κ2) is 3.90. The van der Waals surface area contributed by atoms with Crippen LogP contribution in [0.25, 0.3) is 0 Å². The molecule has 0 aromatic rings. The van der Waals surface area contributed by atoms with Crippen molar-refractivity contribution in [3.63, 3.8) is 0 Å². The molecule has 0 saturated heterocycles. The molecule has 1 rings (SSSR count). The average molecular weight is 172 g/mol. The molecule has 1 aliphatic rings. The van der Waals surface area contributed by atoms with Gasteiger partial charge >= 0.3 is 5.97 Å². The summed E-state index contributed by atoms with van der Waals surface area (Å²) < 4.78 is 10.2. The predicted octanol–water partition coefficient (Wildman–Crippen LogP) is 1.22. The van der Waals surface area contributed by atoms with Crippen molar-refractivity contribution in [2.45, 2.75) is 26.9 Å². The van der Waals surface area contributed by atoms with E-state index < -0.39 is 0 Å². The summed E-state index contributed by atoms with van der Waals surface area (Å²) in [5.41, 5.74) is 0. The monoisotopic (exact) mass is 172 g/mol. The number of carbonyl (C=O) groups is 1. The van der Waals surface area contributed by atoms with Gasteiger partial charge < -0.3 is 9.47 Å². The highest BCUT2D eigenvalue weighted by Crippen LogP contribution is 2.42. The summed E-state index contributed by atoms with van der Waals surface area (Å²) >= 11 is 0. The second-order valence-corrected chi connectivity index (χ2v) is 3.06. The number of esters is 1. The molecule has 0 heterocycles. The van der Waals surface area contributed by atoms with Crippen LogP contribution >= 0.6 is 0 Å². The van der Waals surface area contributed by atoms with Gasteiger partial charge in [0.1, 0.15) is 0 Å². The molecule has 0 N–H and O–H groups in total. The molecule has 0 spiro atoms. The van der Waals surface area contributed by atoms with Gasteiger partial charge in [0.05, 0.1) is 18.6 Å². The Hall–Kier alpha value is -0.570. The molecule has 0 radical (unpaired) electrons. The maximum absolute atomic E-state index is 11.2. The average Bonchev–Trinajstić information content (AvgIpc) is 2.63. The van der Waals surface area contributed by atoms with Crippen molar-refractivity contribution in [2.75, 3.05) is 13.2 Å². The van der Waals surface area contributed by atoms with Crippen molar-refractivity contribution in [1.29, 1.82) is 0 Å². The molecule has 1 saturated carbocycles. The third-order valence-corrected chi connectivity index (χ3v) is 2.22. The lowest BCUT2D eigenvalue weighted by atomic mass is 10.3. The Morgan fingerprint density at radius 2 is 2.00 bits per heavy atom. The summed E-state index contributed by atoms with van der Waals surface area (Å²) in [5, 5.41) is 0. The van der Waals surface area contributed by atoms with Crippen LogP contribution in [-0.2, 0) is 14.3 Å². The molecule has 0 aromatic heterocycles. The van der Waals surface area contributed by atoms with Crippen LogP contribution in [0, 0.1) is 11.8 Å². The number of ether oxygens (including phenoxy) is 2. The van der Waals surface area contributed by atoms with Crippen LogP contribution < -0.4 is 0 Å². The van der Waals surface area contributed by atoms with Gasteiger partial charge in [0, 0.05) is 6.61 Å². The molecule has 12 heavy (non-hydrogen) atoms. The predicted molar refractivity (Wildman–Crippen MR) is 44.7 cm³/mol. The van der Waals surface area contributed by atoms with Gasteiger partial charge in [-0.2, -0.15) is 0 Å². The Morgan fingerprint density at radius 1 is 1.33 bits per heavy atom. The molecule has 0 aliphatic heterocycles. The van der Waals surface area contributed by atoms with Gasteiger partial charge in [0.2, 0.25) is 0 Å². The number of hydrogen-bond acceptors (Lipinski definition) is 3. The molecular weight excluding hydrogens is 156 g/mol. The Morgan fingerprint density at radius 3 is 2.50 bits per heavy atom. The topological polar surface area (TPSA) is 35.5 Å². The highest BCUT2D eigenvalue weighted by atomic mass is 16.5. The molecule has 3 nitrogen and oxygen atoms in total. The minimum Gasteiger partial charge on any atom is -0.466 e. The van der Waals surface area contributed by atoms with Gasteiger partial charge in [-0.15, -0.1) is 0 Å². The quantitative estimate of drug-likeness (QED) is 0.598. The van der Waals surface area contributed by atoms with Gasteiger partial charge in [-0.25, -0.2) is 0 Å². The van der Waals surface area contributed by atoms with Crippen molar-refractivity contribution < 1.29 is 14.3 Å². The Bertz CT molecular complexity index is 167. The molecule has 0 amide bonds. The lowest BCUT2D eigenvalue weighted by molar-refractivity contribution is -0.145. The van der Waals surface area contributed by atoms with E-state index in [4.69, 9.17) is 9.47 Å². The van der Waals surface area contributed by atoms with E-state index in [0.717, 1.165) is 0 Å². The van der Waals surface area contributed by atoms with Crippen molar-refractivity contribution in [2.24, 2.45) is 11.8 Å². The maximum atomic E-state index is 11.2. The SMILES string of the molecule is CCOC(=O)[C@@H]1[C@H](C)[C@@H]1OCC. The summed E-state index contributed by atoms with van der Waals surface area (Å²) in [6.45, 7) is 6.90. The van der Waals surface area contributed by atoms with Gasteiger partial charge in [-0.3, -0.25) is 4.79 Å². The minimum atomic E-state index is -0.108. The van der Waals surface area contributed by atoms with Crippen LogP contribution in [0.5, 0.6) is 0 Å². The first-order valence-corrected chi connectivity index (χ1v) is 4.50. The molecule has 70 valence electrons. The van der Waals surface area contributed by atoms with E-state index in [9.17, 15) is 4.79 Å².